The van der Waals surface area contributed by atoms with Gasteiger partial charge in [-0.3, -0.25) is 9.59 Å². The monoisotopic (exact) mass is 430 g/mol. The molecule has 6 heteroatoms. The molecule has 0 aliphatic heterocycles. The molecule has 0 radical (unpaired) electrons. The molecule has 2 aromatic carbocycles. The van der Waals surface area contributed by atoms with Gasteiger partial charge in [0.05, 0.1) is 5.75 Å². The zero-order chi connectivity index (χ0) is 22.1. The van der Waals surface area contributed by atoms with Crippen molar-refractivity contribution in [3.63, 3.8) is 0 Å². The highest BCUT2D eigenvalue weighted by Crippen LogP contribution is 2.17. The van der Waals surface area contributed by atoms with E-state index in [0.717, 1.165) is 12.0 Å². The van der Waals surface area contributed by atoms with Crippen molar-refractivity contribution in [3.05, 3.63) is 71.0 Å². The number of hydrogen-bond acceptors (Lipinski definition) is 3. The molecule has 1 N–H and O–H groups in total. The Morgan fingerprint density at radius 3 is 2.40 bits per heavy atom. The summed E-state index contributed by atoms with van der Waals surface area (Å²) in [6, 6.07) is 13.9. The summed E-state index contributed by atoms with van der Waals surface area (Å²) in [7, 11) is 0. The second kappa shape index (κ2) is 11.7. The number of amides is 2. The van der Waals surface area contributed by atoms with Gasteiger partial charge in [-0.1, -0.05) is 55.0 Å². The highest BCUT2D eigenvalue weighted by Gasteiger charge is 2.27. The normalized spacial score (nSPS) is 12.8. The molecule has 2 rings (SSSR count). The van der Waals surface area contributed by atoms with Crippen LogP contribution in [-0.4, -0.2) is 34.6 Å². The lowest BCUT2D eigenvalue weighted by molar-refractivity contribution is -0.139. The fourth-order valence-electron chi connectivity index (χ4n) is 2.88. The smallest absolute Gasteiger partial charge is 0.242 e. The molecule has 0 saturated heterocycles. The number of rotatable bonds is 10. The number of carbonyl (C=O) groups excluding carboxylic acids is 2. The fourth-order valence-corrected chi connectivity index (χ4v) is 3.75. The van der Waals surface area contributed by atoms with Crippen LogP contribution in [0.2, 0.25) is 0 Å². The zero-order valence-electron chi connectivity index (χ0n) is 18.2. The summed E-state index contributed by atoms with van der Waals surface area (Å²) in [5.74, 6) is 0.146. The molecule has 2 aromatic rings. The number of nitrogens with zero attached hydrogens (tertiary/aromatic N) is 1. The molecule has 162 valence electrons. The molecule has 0 bridgehead atoms. The lowest BCUT2D eigenvalue weighted by atomic mass is 10.1. The van der Waals surface area contributed by atoms with Crippen LogP contribution >= 0.6 is 11.8 Å². The van der Waals surface area contributed by atoms with Gasteiger partial charge < -0.3 is 10.2 Å². The Kier molecular flexibility index (Phi) is 9.37. The van der Waals surface area contributed by atoms with E-state index in [1.807, 2.05) is 45.0 Å². The number of carbonyl (C=O) groups is 2. The van der Waals surface area contributed by atoms with E-state index in [4.69, 9.17) is 0 Å². The predicted octanol–water partition coefficient (Wildman–Crippen LogP) is 4.70. The number of nitrogens with one attached hydrogen (secondary N) is 1. The first-order valence-electron chi connectivity index (χ1n) is 10.3. The average Bonchev–Trinajstić information content (AvgIpc) is 2.73. The van der Waals surface area contributed by atoms with Gasteiger partial charge in [0.1, 0.15) is 11.9 Å². The Hall–Kier alpha value is -2.34. The summed E-state index contributed by atoms with van der Waals surface area (Å²) in [4.78, 5) is 27.1. The Balaban J connectivity index is 2.08. The lowest BCUT2D eigenvalue weighted by Gasteiger charge is -2.29. The fraction of sp³-hybridized carbons (Fsp3) is 0.417. The van der Waals surface area contributed by atoms with Gasteiger partial charge in [-0.15, -0.1) is 11.8 Å². The van der Waals surface area contributed by atoms with Crippen molar-refractivity contribution in [2.45, 2.75) is 58.5 Å². The molecule has 2 atom stereocenters. The third-order valence-electron chi connectivity index (χ3n) is 5.08. The van der Waals surface area contributed by atoms with Crippen molar-refractivity contribution in [2.75, 3.05) is 5.75 Å². The molecule has 0 aromatic heterocycles. The van der Waals surface area contributed by atoms with E-state index in [1.165, 1.54) is 28.3 Å². The van der Waals surface area contributed by atoms with Crippen molar-refractivity contribution in [2.24, 2.45) is 0 Å². The summed E-state index contributed by atoms with van der Waals surface area (Å²) < 4.78 is 14.2. The number of halogens is 1. The van der Waals surface area contributed by atoms with Crippen LogP contribution in [0.5, 0.6) is 0 Å². The largest absolute Gasteiger partial charge is 0.352 e. The van der Waals surface area contributed by atoms with E-state index in [1.54, 1.807) is 25.1 Å². The molecule has 0 heterocycles. The Bertz CT molecular complexity index is 841. The molecule has 0 fully saturated rings. The van der Waals surface area contributed by atoms with Gasteiger partial charge in [0.2, 0.25) is 11.8 Å². The van der Waals surface area contributed by atoms with Gasteiger partial charge in [0.25, 0.3) is 0 Å². The third kappa shape index (κ3) is 7.17. The molecule has 0 spiro atoms. The lowest BCUT2D eigenvalue weighted by Crippen LogP contribution is -2.50. The second-order valence-corrected chi connectivity index (χ2v) is 8.57. The molecule has 4 nitrogen and oxygen atoms in total. The molecule has 30 heavy (non-hydrogen) atoms. The minimum atomic E-state index is -0.689. The van der Waals surface area contributed by atoms with Crippen molar-refractivity contribution in [3.8, 4) is 0 Å². The van der Waals surface area contributed by atoms with E-state index in [0.29, 0.717) is 11.3 Å². The number of hydrogen-bond donors (Lipinski definition) is 1. The van der Waals surface area contributed by atoms with E-state index in [2.05, 4.69) is 5.32 Å². The van der Waals surface area contributed by atoms with Crippen molar-refractivity contribution in [1.82, 2.24) is 10.2 Å². The molecule has 2 amide bonds. The Morgan fingerprint density at radius 2 is 1.77 bits per heavy atom. The quantitative estimate of drug-likeness (QED) is 0.594. The highest BCUT2D eigenvalue weighted by molar-refractivity contribution is 7.99. The summed E-state index contributed by atoms with van der Waals surface area (Å²) in [5, 5.41) is 2.92. The minimum absolute atomic E-state index is 0.0151. The topological polar surface area (TPSA) is 49.4 Å². The van der Waals surface area contributed by atoms with Crippen LogP contribution < -0.4 is 5.32 Å². The summed E-state index contributed by atoms with van der Waals surface area (Å²) >= 11 is 1.49. The second-order valence-electron chi connectivity index (χ2n) is 7.59. The van der Waals surface area contributed by atoms with E-state index in [-0.39, 0.29) is 36.0 Å². The van der Waals surface area contributed by atoms with Crippen LogP contribution in [0.3, 0.4) is 0 Å². The minimum Gasteiger partial charge on any atom is -0.352 e. The van der Waals surface area contributed by atoms with E-state index >= 15 is 0 Å². The first kappa shape index (κ1) is 23.9. The molecular weight excluding hydrogens is 399 g/mol. The third-order valence-corrected chi connectivity index (χ3v) is 6.07. The maximum Gasteiger partial charge on any atom is 0.242 e. The van der Waals surface area contributed by atoms with Crippen LogP contribution in [0.15, 0.2) is 48.5 Å². The van der Waals surface area contributed by atoms with Crippen LogP contribution in [0.25, 0.3) is 0 Å². The van der Waals surface area contributed by atoms with Gasteiger partial charge in [-0.2, -0.15) is 0 Å². The van der Waals surface area contributed by atoms with E-state index in [9.17, 15) is 14.0 Å². The van der Waals surface area contributed by atoms with E-state index < -0.39 is 6.04 Å². The maximum absolute atomic E-state index is 14.2. The summed E-state index contributed by atoms with van der Waals surface area (Å²) in [5.41, 5.74) is 2.73. The number of benzene rings is 2. The number of aryl methyl sites for hydroxylation is 1. The predicted molar refractivity (Wildman–Crippen MR) is 122 cm³/mol. The highest BCUT2D eigenvalue weighted by atomic mass is 32.2. The zero-order valence-corrected chi connectivity index (χ0v) is 19.0. The van der Waals surface area contributed by atoms with Crippen molar-refractivity contribution in [1.29, 1.82) is 0 Å². The first-order chi connectivity index (χ1) is 14.3. The van der Waals surface area contributed by atoms with Gasteiger partial charge in [-0.25, -0.2) is 4.39 Å². The Labute approximate surface area is 183 Å². The molecule has 0 saturated carbocycles. The summed E-state index contributed by atoms with van der Waals surface area (Å²) in [6.07, 6.45) is 0.798. The van der Waals surface area contributed by atoms with Crippen LogP contribution in [-0.2, 0) is 21.9 Å². The van der Waals surface area contributed by atoms with Crippen LogP contribution in [0, 0.1) is 12.7 Å². The number of thioether (sulfide) groups is 1. The van der Waals surface area contributed by atoms with Gasteiger partial charge >= 0.3 is 0 Å². The standard InChI is InChI=1S/C24H31FN2O2S/c1-5-18(3)26-24(29)19(4)27(14-21-8-6-7-9-22(21)25)23(28)16-30-15-20-12-10-17(2)11-13-20/h6-13,18-19H,5,14-16H2,1-4H3,(H,26,29). The molecule has 2 unspecified atom stereocenters. The molecule has 0 aliphatic carbocycles. The van der Waals surface area contributed by atoms with Gasteiger partial charge in [0.15, 0.2) is 0 Å². The maximum atomic E-state index is 14.2. The van der Waals surface area contributed by atoms with Crippen LogP contribution in [0.1, 0.15) is 43.9 Å². The molecular formula is C24H31FN2O2S. The first-order valence-corrected chi connectivity index (χ1v) is 11.4. The van der Waals surface area contributed by atoms with Crippen molar-refractivity contribution >= 4 is 23.6 Å². The summed E-state index contributed by atoms with van der Waals surface area (Å²) in [6.45, 7) is 7.70. The van der Waals surface area contributed by atoms with Crippen molar-refractivity contribution < 1.29 is 14.0 Å². The molecule has 0 aliphatic rings. The SMILES string of the molecule is CCC(C)NC(=O)C(C)N(Cc1ccccc1F)C(=O)CSCc1ccc(C)cc1. The van der Waals surface area contributed by atoms with Gasteiger partial charge in [-0.05, 0) is 38.8 Å². The Morgan fingerprint density at radius 1 is 1.10 bits per heavy atom. The average molecular weight is 431 g/mol. The van der Waals surface area contributed by atoms with Crippen LogP contribution in [0.4, 0.5) is 4.39 Å². The van der Waals surface area contributed by atoms with Gasteiger partial charge in [0, 0.05) is 23.9 Å².